The van der Waals surface area contributed by atoms with Crippen LogP contribution in [0.25, 0.3) is 22.2 Å². The summed E-state index contributed by atoms with van der Waals surface area (Å²) < 4.78 is 7.26. The highest BCUT2D eigenvalue weighted by Crippen LogP contribution is 2.33. The summed E-state index contributed by atoms with van der Waals surface area (Å²) in [5, 5.41) is 0. The summed E-state index contributed by atoms with van der Waals surface area (Å²) in [6, 6.07) is 16.6. The normalized spacial score (nSPS) is 11.2. The van der Waals surface area contributed by atoms with E-state index >= 15 is 0 Å². The topological polar surface area (TPSA) is 51.9 Å². The minimum Gasteiger partial charge on any atom is -0.328 e. The van der Waals surface area contributed by atoms with Crippen LogP contribution >= 0.6 is 11.9 Å². The van der Waals surface area contributed by atoms with Gasteiger partial charge in [0.2, 0.25) is 0 Å². The average Bonchev–Trinajstić information content (AvgIpc) is 3.02. The molecule has 2 aromatic carbocycles. The van der Waals surface area contributed by atoms with E-state index in [1.165, 1.54) is 5.56 Å². The number of benzene rings is 2. The third kappa shape index (κ3) is 3.68. The molecule has 0 atom stereocenters. The fourth-order valence-electron chi connectivity index (χ4n) is 3.69. The second kappa shape index (κ2) is 7.79. The molecule has 0 fully saturated rings. The van der Waals surface area contributed by atoms with Crippen molar-refractivity contribution in [3.05, 3.63) is 82.0 Å². The summed E-state index contributed by atoms with van der Waals surface area (Å²) in [6.07, 6.45) is 3.90. The molecule has 0 saturated carbocycles. The molecule has 0 amide bonds. The maximum absolute atomic E-state index is 12.1. The fraction of sp³-hybridized carbons (Fsp3) is 0.217. The number of nitrogens with zero attached hydrogens (tertiary/aromatic N) is 3. The van der Waals surface area contributed by atoms with Crippen LogP contribution in [0.4, 0.5) is 5.69 Å². The molecule has 148 valence electrons. The summed E-state index contributed by atoms with van der Waals surface area (Å²) in [7, 11) is 1.79. The first-order chi connectivity index (χ1) is 14.0. The van der Waals surface area contributed by atoms with Crippen LogP contribution in [-0.4, -0.2) is 20.4 Å². The van der Waals surface area contributed by atoms with E-state index in [1.807, 2.05) is 38.4 Å². The zero-order chi connectivity index (χ0) is 20.5. The van der Waals surface area contributed by atoms with Gasteiger partial charge in [0, 0.05) is 31.6 Å². The number of pyridine rings is 1. The summed E-state index contributed by atoms with van der Waals surface area (Å²) in [5.41, 5.74) is 7.08. The van der Waals surface area contributed by atoms with E-state index in [9.17, 15) is 4.79 Å². The van der Waals surface area contributed by atoms with Crippen LogP contribution in [0.2, 0.25) is 0 Å². The van der Waals surface area contributed by atoms with Crippen molar-refractivity contribution in [3.8, 4) is 11.1 Å². The van der Waals surface area contributed by atoms with Crippen LogP contribution in [0.5, 0.6) is 0 Å². The molecule has 0 aliphatic rings. The summed E-state index contributed by atoms with van der Waals surface area (Å²) in [5.74, 6) is 0.974. The lowest BCUT2D eigenvalue weighted by molar-refractivity contribution is 0.786. The number of fused-ring (bicyclic) bond motifs is 1. The lowest BCUT2D eigenvalue weighted by atomic mass is 10.0. The Morgan fingerprint density at radius 2 is 1.83 bits per heavy atom. The first-order valence-electron chi connectivity index (χ1n) is 9.49. The van der Waals surface area contributed by atoms with Crippen LogP contribution in [0, 0.1) is 13.8 Å². The van der Waals surface area contributed by atoms with Crippen LogP contribution in [0.1, 0.15) is 17.0 Å². The summed E-state index contributed by atoms with van der Waals surface area (Å²) >= 11 is 1.55. The zero-order valence-electron chi connectivity index (χ0n) is 17.1. The van der Waals surface area contributed by atoms with E-state index < -0.39 is 0 Å². The fourth-order valence-corrected chi connectivity index (χ4v) is 4.07. The molecule has 4 aromatic rings. The third-order valence-corrected chi connectivity index (χ3v) is 5.56. The van der Waals surface area contributed by atoms with E-state index in [4.69, 9.17) is 4.98 Å². The number of hydrogen-bond donors (Lipinski definition) is 1. The van der Waals surface area contributed by atoms with E-state index in [0.717, 1.165) is 45.8 Å². The van der Waals surface area contributed by atoms with Crippen molar-refractivity contribution in [2.75, 3.05) is 11.0 Å². The third-order valence-electron chi connectivity index (χ3n) is 5.14. The highest BCUT2D eigenvalue weighted by atomic mass is 32.2. The predicted molar refractivity (Wildman–Crippen MR) is 123 cm³/mol. The minimum absolute atomic E-state index is 0.0299. The van der Waals surface area contributed by atoms with Crippen LogP contribution in [0.15, 0.2) is 59.5 Å². The van der Waals surface area contributed by atoms with Crippen LogP contribution in [0.3, 0.4) is 0 Å². The average molecular weight is 405 g/mol. The molecule has 0 saturated heterocycles. The summed E-state index contributed by atoms with van der Waals surface area (Å²) in [6.45, 7) is 4.66. The smallest absolute Gasteiger partial charge is 0.253 e. The Labute approximate surface area is 174 Å². The molecule has 0 aliphatic heterocycles. The molecule has 2 aromatic heterocycles. The van der Waals surface area contributed by atoms with Gasteiger partial charge in [-0.3, -0.25) is 4.79 Å². The second-order valence-corrected chi connectivity index (χ2v) is 7.87. The second-order valence-electron chi connectivity index (χ2n) is 7.26. The Morgan fingerprint density at radius 1 is 1.07 bits per heavy atom. The van der Waals surface area contributed by atoms with E-state index in [1.54, 1.807) is 23.6 Å². The molecule has 29 heavy (non-hydrogen) atoms. The number of aromatic nitrogens is 3. The number of anilines is 1. The molecule has 2 heterocycles. The van der Waals surface area contributed by atoms with Crippen LogP contribution < -0.4 is 10.3 Å². The Morgan fingerprint density at radius 3 is 2.52 bits per heavy atom. The first-order valence-corrected chi connectivity index (χ1v) is 10.7. The number of imidazole rings is 1. The van der Waals surface area contributed by atoms with Gasteiger partial charge in [-0.05, 0) is 48.7 Å². The van der Waals surface area contributed by atoms with Gasteiger partial charge >= 0.3 is 0 Å². The molecule has 0 radical (unpaired) electrons. The molecular formula is C23H24N4OS. The molecule has 0 unspecified atom stereocenters. The van der Waals surface area contributed by atoms with Crippen molar-refractivity contribution < 1.29 is 0 Å². The van der Waals surface area contributed by atoms with Gasteiger partial charge in [0.15, 0.2) is 0 Å². The van der Waals surface area contributed by atoms with Gasteiger partial charge in [0.05, 0.1) is 11.2 Å². The highest BCUT2D eigenvalue weighted by molar-refractivity contribution is 7.99. The van der Waals surface area contributed by atoms with Crippen LogP contribution in [-0.2, 0) is 13.6 Å². The van der Waals surface area contributed by atoms with Gasteiger partial charge in [-0.2, -0.15) is 0 Å². The Kier molecular flexibility index (Phi) is 5.20. The monoisotopic (exact) mass is 404 g/mol. The standard InChI is InChI=1S/C23H24N4OS/c1-15-10-19(14-26(3)23(15)28)18-11-20(25-29-4)22-21(12-18)27(16(2)24-22)13-17-8-6-5-7-9-17/h5-12,14,25H,13H2,1-4H3. The van der Waals surface area contributed by atoms with E-state index in [0.29, 0.717) is 0 Å². The number of nitrogens with one attached hydrogen (secondary N) is 1. The lowest BCUT2D eigenvalue weighted by Gasteiger charge is -2.12. The maximum atomic E-state index is 12.1. The van der Waals surface area contributed by atoms with Crippen molar-refractivity contribution in [1.82, 2.24) is 14.1 Å². The highest BCUT2D eigenvalue weighted by Gasteiger charge is 2.15. The van der Waals surface area contributed by atoms with E-state index in [-0.39, 0.29) is 5.56 Å². The SMILES string of the molecule is CSNc1cc(-c2cc(C)c(=O)n(C)c2)cc2c1nc(C)n2Cc1ccccc1. The van der Waals surface area contributed by atoms with Gasteiger partial charge in [0.1, 0.15) is 11.3 Å². The lowest BCUT2D eigenvalue weighted by Crippen LogP contribution is -2.18. The zero-order valence-corrected chi connectivity index (χ0v) is 17.9. The molecule has 5 nitrogen and oxygen atoms in total. The molecule has 1 N–H and O–H groups in total. The number of hydrogen-bond acceptors (Lipinski definition) is 4. The van der Waals surface area contributed by atoms with Crippen molar-refractivity contribution >= 4 is 28.7 Å². The molecule has 0 aliphatic carbocycles. The summed E-state index contributed by atoms with van der Waals surface area (Å²) in [4.78, 5) is 17.0. The van der Waals surface area contributed by atoms with Gasteiger partial charge in [0.25, 0.3) is 5.56 Å². The first kappa shape index (κ1) is 19.3. The molecule has 6 heteroatoms. The van der Waals surface area contributed by atoms with Gasteiger partial charge in [-0.25, -0.2) is 4.98 Å². The van der Waals surface area contributed by atoms with Crippen molar-refractivity contribution in [2.45, 2.75) is 20.4 Å². The van der Waals surface area contributed by atoms with Gasteiger partial charge < -0.3 is 13.9 Å². The largest absolute Gasteiger partial charge is 0.328 e. The van der Waals surface area contributed by atoms with E-state index in [2.05, 4.69) is 45.7 Å². The minimum atomic E-state index is 0.0299. The van der Waals surface area contributed by atoms with Gasteiger partial charge in [-0.1, -0.05) is 42.3 Å². The van der Waals surface area contributed by atoms with Crippen molar-refractivity contribution in [3.63, 3.8) is 0 Å². The van der Waals surface area contributed by atoms with Crippen molar-refractivity contribution in [2.24, 2.45) is 7.05 Å². The molecule has 4 rings (SSSR count). The maximum Gasteiger partial charge on any atom is 0.253 e. The Hall–Kier alpha value is -2.99. The Bertz CT molecular complexity index is 1220. The Balaban J connectivity index is 1.93. The predicted octanol–water partition coefficient (Wildman–Crippen LogP) is 4.76. The quantitative estimate of drug-likeness (QED) is 0.488. The molecule has 0 bridgehead atoms. The number of rotatable bonds is 5. The molecule has 0 spiro atoms. The number of aryl methyl sites for hydroxylation is 3. The van der Waals surface area contributed by atoms with Crippen molar-refractivity contribution in [1.29, 1.82) is 0 Å². The molecular weight excluding hydrogens is 380 g/mol. The van der Waals surface area contributed by atoms with Gasteiger partial charge in [-0.15, -0.1) is 0 Å².